The van der Waals surface area contributed by atoms with Gasteiger partial charge in [0.1, 0.15) is 5.82 Å². The molecule has 3 nitrogen and oxygen atoms in total. The van der Waals surface area contributed by atoms with Crippen LogP contribution in [0, 0.1) is 5.82 Å². The summed E-state index contributed by atoms with van der Waals surface area (Å²) in [6.07, 6.45) is 3.37. The van der Waals surface area contributed by atoms with E-state index in [1.807, 2.05) is 0 Å². The number of rotatable bonds is 3. The lowest BCUT2D eigenvalue weighted by Gasteiger charge is -2.07. The van der Waals surface area contributed by atoms with E-state index in [1.165, 1.54) is 24.5 Å². The van der Waals surface area contributed by atoms with Crippen molar-refractivity contribution in [1.29, 1.82) is 0 Å². The Morgan fingerprint density at radius 3 is 2.59 bits per heavy atom. The van der Waals surface area contributed by atoms with E-state index in [0.717, 1.165) is 0 Å². The molecular weight excluding hydrogens is 219 g/mol. The number of nitrogens with zero attached hydrogens (tertiary/aromatic N) is 2. The average molecular weight is 230 g/mol. The first kappa shape index (κ1) is 11.4. The first-order valence-corrected chi connectivity index (χ1v) is 5.33. The van der Waals surface area contributed by atoms with E-state index in [0.29, 0.717) is 12.0 Å². The number of hydrogen-bond donors (Lipinski definition) is 0. The molecule has 0 fully saturated rings. The molecule has 4 heteroatoms. The molecule has 0 aliphatic heterocycles. The zero-order valence-electron chi connectivity index (χ0n) is 9.35. The number of aromatic nitrogens is 2. The molecule has 0 unspecified atom stereocenters. The summed E-state index contributed by atoms with van der Waals surface area (Å²) in [5, 5.41) is 0. The molecule has 86 valence electrons. The molecule has 0 saturated carbocycles. The fourth-order valence-corrected chi connectivity index (χ4v) is 1.60. The van der Waals surface area contributed by atoms with Gasteiger partial charge in [-0.15, -0.1) is 0 Å². The predicted octanol–water partition coefficient (Wildman–Crippen LogP) is 2.88. The van der Waals surface area contributed by atoms with Crippen molar-refractivity contribution in [3.8, 4) is 11.4 Å². The second-order valence-corrected chi connectivity index (χ2v) is 3.51. The smallest absolute Gasteiger partial charge is 0.163 e. The molecule has 2 aromatic rings. The lowest BCUT2D eigenvalue weighted by molar-refractivity contribution is 0.0988. The number of benzene rings is 1. The van der Waals surface area contributed by atoms with E-state index < -0.39 is 5.82 Å². The van der Waals surface area contributed by atoms with E-state index >= 15 is 0 Å². The molecule has 0 saturated heterocycles. The quantitative estimate of drug-likeness (QED) is 0.761. The van der Waals surface area contributed by atoms with Gasteiger partial charge in [-0.05, 0) is 12.1 Å². The first-order chi connectivity index (χ1) is 8.24. The van der Waals surface area contributed by atoms with Gasteiger partial charge in [0.2, 0.25) is 0 Å². The maximum Gasteiger partial charge on any atom is 0.163 e. The van der Waals surface area contributed by atoms with Gasteiger partial charge in [0.25, 0.3) is 0 Å². The van der Waals surface area contributed by atoms with E-state index in [1.54, 1.807) is 19.1 Å². The van der Waals surface area contributed by atoms with Crippen LogP contribution >= 0.6 is 0 Å². The summed E-state index contributed by atoms with van der Waals surface area (Å²) in [6, 6.07) is 6.06. The van der Waals surface area contributed by atoms with Crippen LogP contribution in [0.15, 0.2) is 36.7 Å². The molecule has 1 aromatic carbocycles. The zero-order chi connectivity index (χ0) is 12.3. The minimum atomic E-state index is -0.476. The highest BCUT2D eigenvalue weighted by atomic mass is 19.1. The SMILES string of the molecule is CCC(=O)c1cccc(F)c1-c1ncccn1. The molecule has 0 N–H and O–H groups in total. The lowest BCUT2D eigenvalue weighted by Crippen LogP contribution is -2.03. The Hall–Kier alpha value is -2.10. The number of halogens is 1. The molecule has 0 aliphatic carbocycles. The van der Waals surface area contributed by atoms with Crippen LogP contribution in [0.2, 0.25) is 0 Å². The largest absolute Gasteiger partial charge is 0.294 e. The standard InChI is InChI=1S/C13H11FN2O/c1-2-11(17)9-5-3-6-10(14)12(9)13-15-7-4-8-16-13/h3-8H,2H2,1H3. The Morgan fingerprint density at radius 2 is 1.94 bits per heavy atom. The fourth-order valence-electron chi connectivity index (χ4n) is 1.60. The van der Waals surface area contributed by atoms with Crippen LogP contribution in [0.4, 0.5) is 4.39 Å². The Morgan fingerprint density at radius 1 is 1.24 bits per heavy atom. The molecule has 1 heterocycles. The second kappa shape index (κ2) is 4.82. The molecule has 0 radical (unpaired) electrons. The van der Waals surface area contributed by atoms with Gasteiger partial charge < -0.3 is 0 Å². The van der Waals surface area contributed by atoms with Gasteiger partial charge in [0, 0.05) is 24.4 Å². The molecule has 0 bridgehead atoms. The van der Waals surface area contributed by atoms with Gasteiger partial charge in [-0.3, -0.25) is 4.79 Å². The van der Waals surface area contributed by atoms with Crippen LogP contribution in [0.25, 0.3) is 11.4 Å². The first-order valence-electron chi connectivity index (χ1n) is 5.33. The molecular formula is C13H11FN2O. The highest BCUT2D eigenvalue weighted by Crippen LogP contribution is 2.24. The minimum absolute atomic E-state index is 0.119. The van der Waals surface area contributed by atoms with Crippen molar-refractivity contribution >= 4 is 5.78 Å². The van der Waals surface area contributed by atoms with Crippen LogP contribution in [-0.4, -0.2) is 15.8 Å². The summed E-state index contributed by atoms with van der Waals surface area (Å²) < 4.78 is 13.8. The Kier molecular flexibility index (Phi) is 3.23. The number of Topliss-reactive ketones (excluding diaryl/α,β-unsaturated/α-hetero) is 1. The zero-order valence-corrected chi connectivity index (χ0v) is 9.35. The van der Waals surface area contributed by atoms with Gasteiger partial charge in [0.05, 0.1) is 5.56 Å². The summed E-state index contributed by atoms with van der Waals surface area (Å²) in [6.45, 7) is 1.74. The molecule has 0 aliphatic rings. The molecule has 1 aromatic heterocycles. The van der Waals surface area contributed by atoms with Crippen LogP contribution < -0.4 is 0 Å². The molecule has 0 atom stereocenters. The van der Waals surface area contributed by atoms with Crippen molar-refractivity contribution in [2.45, 2.75) is 13.3 Å². The van der Waals surface area contributed by atoms with E-state index in [4.69, 9.17) is 0 Å². The monoisotopic (exact) mass is 230 g/mol. The number of carbonyl (C=O) groups excluding carboxylic acids is 1. The van der Waals surface area contributed by atoms with Crippen LogP contribution in [0.5, 0.6) is 0 Å². The maximum absolute atomic E-state index is 13.8. The number of ketones is 1. The van der Waals surface area contributed by atoms with Crippen molar-refractivity contribution in [2.75, 3.05) is 0 Å². The third-order valence-electron chi connectivity index (χ3n) is 2.42. The number of carbonyl (C=O) groups is 1. The topological polar surface area (TPSA) is 42.9 Å². The molecule has 0 amide bonds. The Bertz CT molecular complexity index is 540. The molecule has 17 heavy (non-hydrogen) atoms. The van der Waals surface area contributed by atoms with Gasteiger partial charge in [-0.2, -0.15) is 0 Å². The second-order valence-electron chi connectivity index (χ2n) is 3.51. The van der Waals surface area contributed by atoms with Crippen LogP contribution in [-0.2, 0) is 0 Å². The molecule has 2 rings (SSSR count). The van der Waals surface area contributed by atoms with Crippen molar-refractivity contribution in [3.63, 3.8) is 0 Å². The highest BCUT2D eigenvalue weighted by Gasteiger charge is 2.16. The fraction of sp³-hybridized carbons (Fsp3) is 0.154. The van der Waals surface area contributed by atoms with Crippen molar-refractivity contribution in [2.24, 2.45) is 0 Å². The Balaban J connectivity index is 2.64. The minimum Gasteiger partial charge on any atom is -0.294 e. The van der Waals surface area contributed by atoms with Crippen LogP contribution in [0.1, 0.15) is 23.7 Å². The summed E-state index contributed by atoms with van der Waals surface area (Å²) >= 11 is 0. The van der Waals surface area contributed by atoms with Crippen molar-refractivity contribution < 1.29 is 9.18 Å². The third-order valence-corrected chi connectivity index (χ3v) is 2.42. The molecule has 0 spiro atoms. The average Bonchev–Trinajstić information content (AvgIpc) is 2.38. The predicted molar refractivity (Wildman–Crippen MR) is 62.0 cm³/mol. The van der Waals surface area contributed by atoms with Crippen molar-refractivity contribution in [1.82, 2.24) is 9.97 Å². The van der Waals surface area contributed by atoms with E-state index in [2.05, 4.69) is 9.97 Å². The summed E-state index contributed by atoms with van der Waals surface area (Å²) in [7, 11) is 0. The van der Waals surface area contributed by atoms with E-state index in [-0.39, 0.29) is 17.2 Å². The maximum atomic E-state index is 13.8. The van der Waals surface area contributed by atoms with Gasteiger partial charge in [-0.25, -0.2) is 14.4 Å². The highest BCUT2D eigenvalue weighted by molar-refractivity contribution is 6.01. The van der Waals surface area contributed by atoms with Crippen molar-refractivity contribution in [3.05, 3.63) is 48.0 Å². The number of hydrogen-bond acceptors (Lipinski definition) is 3. The summed E-state index contributed by atoms with van der Waals surface area (Å²) in [4.78, 5) is 19.7. The van der Waals surface area contributed by atoms with Crippen LogP contribution in [0.3, 0.4) is 0 Å². The lowest BCUT2D eigenvalue weighted by atomic mass is 10.0. The van der Waals surface area contributed by atoms with Gasteiger partial charge in [-0.1, -0.05) is 19.1 Å². The normalized spacial score (nSPS) is 10.2. The van der Waals surface area contributed by atoms with E-state index in [9.17, 15) is 9.18 Å². The van der Waals surface area contributed by atoms with Gasteiger partial charge >= 0.3 is 0 Å². The third kappa shape index (κ3) is 2.20. The summed E-state index contributed by atoms with van der Waals surface area (Å²) in [5.41, 5.74) is 0.513. The Labute approximate surface area is 98.3 Å². The summed E-state index contributed by atoms with van der Waals surface area (Å²) in [5.74, 6) is -0.357. The van der Waals surface area contributed by atoms with Gasteiger partial charge in [0.15, 0.2) is 11.6 Å².